The second-order valence-electron chi connectivity index (χ2n) is 8.62. The molecule has 1 atom stereocenters. The van der Waals surface area contributed by atoms with E-state index in [9.17, 15) is 4.79 Å². The van der Waals surface area contributed by atoms with Gasteiger partial charge in [0.2, 0.25) is 6.79 Å². The SMILES string of the molecule is CCN(C(=O)N1CCC(N2CCCCC2)CC1)C(C)Cc1ccc2c(c1)OCO2.Cl. The monoisotopic (exact) mass is 437 g/mol. The van der Waals surface area contributed by atoms with Crippen molar-refractivity contribution in [3.63, 3.8) is 0 Å². The number of likely N-dealkylation sites (tertiary alicyclic amines) is 2. The molecule has 30 heavy (non-hydrogen) atoms. The number of carbonyl (C=O) groups excluding carboxylic acids is 1. The second-order valence-corrected chi connectivity index (χ2v) is 8.62. The minimum atomic E-state index is 0. The number of halogens is 1. The fourth-order valence-electron chi connectivity index (χ4n) is 5.04. The molecule has 6 nitrogen and oxygen atoms in total. The van der Waals surface area contributed by atoms with Crippen LogP contribution >= 0.6 is 12.4 Å². The highest BCUT2D eigenvalue weighted by Gasteiger charge is 2.30. The van der Waals surface area contributed by atoms with Crippen LogP contribution in [0.5, 0.6) is 11.5 Å². The molecule has 0 saturated carbocycles. The Hall–Kier alpha value is -1.66. The lowest BCUT2D eigenvalue weighted by Gasteiger charge is -2.42. The first-order valence-electron chi connectivity index (χ1n) is 11.3. The normalized spacial score (nSPS) is 20.5. The third-order valence-corrected chi connectivity index (χ3v) is 6.73. The van der Waals surface area contributed by atoms with E-state index in [0.717, 1.165) is 50.4 Å². The predicted octanol–water partition coefficient (Wildman–Crippen LogP) is 4.16. The van der Waals surface area contributed by atoms with Crippen molar-refractivity contribution in [2.75, 3.05) is 39.5 Å². The summed E-state index contributed by atoms with van der Waals surface area (Å²) in [6, 6.07) is 7.09. The molecule has 1 unspecified atom stereocenters. The average Bonchev–Trinajstić information content (AvgIpc) is 3.23. The highest BCUT2D eigenvalue weighted by molar-refractivity contribution is 5.85. The van der Waals surface area contributed by atoms with Crippen molar-refractivity contribution >= 4 is 18.4 Å². The average molecular weight is 438 g/mol. The van der Waals surface area contributed by atoms with Gasteiger partial charge >= 0.3 is 6.03 Å². The number of urea groups is 1. The van der Waals surface area contributed by atoms with Crippen molar-refractivity contribution < 1.29 is 14.3 Å². The van der Waals surface area contributed by atoms with Crippen LogP contribution in [0.3, 0.4) is 0 Å². The Morgan fingerprint density at radius 2 is 1.80 bits per heavy atom. The fraction of sp³-hybridized carbons (Fsp3) is 0.696. The third-order valence-electron chi connectivity index (χ3n) is 6.73. The first kappa shape index (κ1) is 23.0. The molecular formula is C23H36ClN3O3. The number of ether oxygens (including phenoxy) is 2. The minimum Gasteiger partial charge on any atom is -0.454 e. The lowest BCUT2D eigenvalue weighted by Crippen LogP contribution is -2.53. The minimum absolute atomic E-state index is 0. The Balaban J connectivity index is 0.00000256. The molecule has 3 heterocycles. The molecule has 0 aromatic heterocycles. The van der Waals surface area contributed by atoms with Gasteiger partial charge in [-0.15, -0.1) is 12.4 Å². The molecule has 0 aliphatic carbocycles. The maximum atomic E-state index is 13.2. The quantitative estimate of drug-likeness (QED) is 0.693. The van der Waals surface area contributed by atoms with Crippen LogP contribution < -0.4 is 9.47 Å². The van der Waals surface area contributed by atoms with E-state index in [1.165, 1.54) is 37.9 Å². The molecule has 1 aromatic rings. The number of piperidine rings is 2. The number of fused-ring (bicyclic) bond motifs is 1. The van der Waals surface area contributed by atoms with Gasteiger partial charge in [-0.25, -0.2) is 4.79 Å². The van der Waals surface area contributed by atoms with Gasteiger partial charge in [-0.05, 0) is 76.7 Å². The van der Waals surface area contributed by atoms with E-state index in [-0.39, 0.29) is 24.5 Å². The zero-order valence-corrected chi connectivity index (χ0v) is 19.2. The van der Waals surface area contributed by atoms with Gasteiger partial charge in [0.05, 0.1) is 0 Å². The highest BCUT2D eigenvalue weighted by atomic mass is 35.5. The first-order valence-corrected chi connectivity index (χ1v) is 11.3. The standard InChI is InChI=1S/C23H35N3O3.ClH/c1-3-26(18(2)15-19-7-8-21-22(16-19)29-17-28-21)23(27)25-13-9-20(10-14-25)24-11-5-4-6-12-24;/h7-8,16,18,20H,3-6,9-15,17H2,1-2H3;1H. The summed E-state index contributed by atoms with van der Waals surface area (Å²) in [5.74, 6) is 1.62. The topological polar surface area (TPSA) is 45.3 Å². The van der Waals surface area contributed by atoms with E-state index in [1.54, 1.807) is 0 Å². The molecule has 0 radical (unpaired) electrons. The van der Waals surface area contributed by atoms with Crippen LogP contribution in [0.25, 0.3) is 0 Å². The number of nitrogens with zero attached hydrogens (tertiary/aromatic N) is 3. The van der Waals surface area contributed by atoms with Crippen molar-refractivity contribution in [1.29, 1.82) is 0 Å². The van der Waals surface area contributed by atoms with Crippen LogP contribution in [0.1, 0.15) is 51.5 Å². The Labute approximate surface area is 186 Å². The van der Waals surface area contributed by atoms with Gasteiger partial charge in [-0.2, -0.15) is 0 Å². The van der Waals surface area contributed by atoms with Gasteiger partial charge in [0.15, 0.2) is 11.5 Å². The largest absolute Gasteiger partial charge is 0.454 e. The molecule has 1 aromatic carbocycles. The zero-order chi connectivity index (χ0) is 20.2. The summed E-state index contributed by atoms with van der Waals surface area (Å²) in [7, 11) is 0. The highest BCUT2D eigenvalue weighted by Crippen LogP contribution is 2.33. The van der Waals surface area contributed by atoms with Gasteiger partial charge in [-0.3, -0.25) is 0 Å². The van der Waals surface area contributed by atoms with Crippen molar-refractivity contribution in [3.8, 4) is 11.5 Å². The maximum absolute atomic E-state index is 13.2. The summed E-state index contributed by atoms with van der Waals surface area (Å²) >= 11 is 0. The number of hydrogen-bond donors (Lipinski definition) is 0. The van der Waals surface area contributed by atoms with Crippen molar-refractivity contribution in [1.82, 2.24) is 14.7 Å². The van der Waals surface area contributed by atoms with Crippen LogP contribution in [0, 0.1) is 0 Å². The van der Waals surface area contributed by atoms with Crippen LogP contribution in [0.4, 0.5) is 4.79 Å². The molecule has 3 aliphatic rings. The summed E-state index contributed by atoms with van der Waals surface area (Å²) in [6.07, 6.45) is 7.08. The van der Waals surface area contributed by atoms with Gasteiger partial charge < -0.3 is 24.2 Å². The lowest BCUT2D eigenvalue weighted by molar-refractivity contribution is 0.0849. The second kappa shape index (κ2) is 10.6. The predicted molar refractivity (Wildman–Crippen MR) is 121 cm³/mol. The zero-order valence-electron chi connectivity index (χ0n) is 18.3. The van der Waals surface area contributed by atoms with E-state index in [1.807, 2.05) is 17.0 Å². The smallest absolute Gasteiger partial charge is 0.320 e. The number of carbonyl (C=O) groups is 1. The molecular weight excluding hydrogens is 402 g/mol. The molecule has 0 N–H and O–H groups in total. The molecule has 3 aliphatic heterocycles. The molecule has 7 heteroatoms. The molecule has 168 valence electrons. The van der Waals surface area contributed by atoms with Gasteiger partial charge in [0.1, 0.15) is 0 Å². The number of hydrogen-bond acceptors (Lipinski definition) is 4. The molecule has 2 saturated heterocycles. The molecule has 0 spiro atoms. The Bertz CT molecular complexity index is 703. The summed E-state index contributed by atoms with van der Waals surface area (Å²) < 4.78 is 10.9. The van der Waals surface area contributed by atoms with E-state index in [4.69, 9.17) is 9.47 Å². The van der Waals surface area contributed by atoms with Crippen LogP contribution in [-0.4, -0.2) is 72.3 Å². The molecule has 4 rings (SSSR count). The molecule has 2 fully saturated rings. The summed E-state index contributed by atoms with van der Waals surface area (Å²) in [5.41, 5.74) is 1.18. The van der Waals surface area contributed by atoms with Crippen molar-refractivity contribution in [2.45, 2.75) is 64.5 Å². The van der Waals surface area contributed by atoms with E-state index in [0.29, 0.717) is 12.8 Å². The summed E-state index contributed by atoms with van der Waals surface area (Å²) in [6.45, 7) is 9.50. The van der Waals surface area contributed by atoms with E-state index >= 15 is 0 Å². The van der Waals surface area contributed by atoms with Gasteiger partial charge in [-0.1, -0.05) is 12.5 Å². The lowest BCUT2D eigenvalue weighted by atomic mass is 10.00. The van der Waals surface area contributed by atoms with Crippen LogP contribution in [-0.2, 0) is 6.42 Å². The van der Waals surface area contributed by atoms with E-state index in [2.05, 4.69) is 29.7 Å². The fourth-order valence-corrected chi connectivity index (χ4v) is 5.04. The summed E-state index contributed by atoms with van der Waals surface area (Å²) in [4.78, 5) is 20.0. The van der Waals surface area contributed by atoms with Crippen LogP contribution in [0.15, 0.2) is 18.2 Å². The van der Waals surface area contributed by atoms with Gasteiger partial charge in [0.25, 0.3) is 0 Å². The van der Waals surface area contributed by atoms with Crippen LogP contribution in [0.2, 0.25) is 0 Å². The van der Waals surface area contributed by atoms with Crippen molar-refractivity contribution in [3.05, 3.63) is 23.8 Å². The number of rotatable bonds is 5. The Morgan fingerprint density at radius 3 is 2.50 bits per heavy atom. The Morgan fingerprint density at radius 1 is 1.10 bits per heavy atom. The number of amides is 2. The maximum Gasteiger partial charge on any atom is 0.320 e. The number of likely N-dealkylation sites (N-methyl/N-ethyl adjacent to an activating group) is 1. The van der Waals surface area contributed by atoms with Gasteiger partial charge in [0, 0.05) is 31.7 Å². The summed E-state index contributed by atoms with van der Waals surface area (Å²) in [5, 5.41) is 0. The molecule has 0 bridgehead atoms. The third kappa shape index (κ3) is 5.14. The Kier molecular flexibility index (Phi) is 8.12. The molecule has 2 amide bonds. The number of benzene rings is 1. The van der Waals surface area contributed by atoms with E-state index < -0.39 is 0 Å². The van der Waals surface area contributed by atoms with Crippen molar-refractivity contribution in [2.24, 2.45) is 0 Å². The first-order chi connectivity index (χ1) is 14.2.